The fraction of sp³-hybridized carbons (Fsp3) is 0.333. The molecule has 0 radical (unpaired) electrons. The summed E-state index contributed by atoms with van der Waals surface area (Å²) in [4.78, 5) is 11.9. The van der Waals surface area contributed by atoms with Crippen LogP contribution in [0.25, 0.3) is 0 Å². The zero-order valence-corrected chi connectivity index (χ0v) is 14.0. The largest absolute Gasteiger partial charge is 0.467 e. The van der Waals surface area contributed by atoms with E-state index in [4.69, 9.17) is 9.47 Å². The summed E-state index contributed by atoms with van der Waals surface area (Å²) in [7, 11) is 2.89. The van der Waals surface area contributed by atoms with Crippen LogP contribution in [-0.4, -0.2) is 35.0 Å². The molecule has 2 aromatic rings. The first kappa shape index (κ1) is 17.3. The quantitative estimate of drug-likeness (QED) is 0.378. The molecule has 0 saturated heterocycles. The van der Waals surface area contributed by atoms with Gasteiger partial charge in [-0.05, 0) is 12.1 Å². The van der Waals surface area contributed by atoms with E-state index < -0.39 is 0 Å². The lowest BCUT2D eigenvalue weighted by Crippen LogP contribution is -2.07. The SMILES string of the molecule is COc1nc(N=NC(=NNc2ccccc2)C(C)C)nc(OC)n1. The van der Waals surface area contributed by atoms with Crippen LogP contribution in [0, 0.1) is 5.92 Å². The molecule has 0 amide bonds. The smallest absolute Gasteiger partial charge is 0.324 e. The highest BCUT2D eigenvalue weighted by Crippen LogP contribution is 2.15. The molecule has 2 rings (SSSR count). The van der Waals surface area contributed by atoms with Crippen LogP contribution in [0.15, 0.2) is 45.7 Å². The molecule has 1 N–H and O–H groups in total. The van der Waals surface area contributed by atoms with Crippen molar-refractivity contribution in [3.05, 3.63) is 30.3 Å². The predicted molar refractivity (Wildman–Crippen MR) is 89.8 cm³/mol. The highest BCUT2D eigenvalue weighted by molar-refractivity contribution is 5.85. The maximum Gasteiger partial charge on any atom is 0.324 e. The van der Waals surface area contributed by atoms with Crippen LogP contribution in [0.1, 0.15) is 13.8 Å². The molecule has 0 aliphatic carbocycles. The molecule has 1 aromatic heterocycles. The number of azo groups is 1. The van der Waals surface area contributed by atoms with Gasteiger partial charge >= 0.3 is 12.0 Å². The van der Waals surface area contributed by atoms with Gasteiger partial charge in [0.05, 0.1) is 19.9 Å². The van der Waals surface area contributed by atoms with E-state index in [-0.39, 0.29) is 23.9 Å². The standard InChI is InChI=1S/C15H19N7O2/c1-10(2)12(20-19-11-8-6-5-7-9-11)21-22-13-16-14(23-3)18-15(17-13)24-4/h5-10,19H,1-4H3. The van der Waals surface area contributed by atoms with Crippen molar-refractivity contribution in [2.75, 3.05) is 19.6 Å². The predicted octanol–water partition coefficient (Wildman–Crippen LogP) is 3.05. The molecule has 126 valence electrons. The second kappa shape index (κ2) is 8.51. The summed E-state index contributed by atoms with van der Waals surface area (Å²) in [6.45, 7) is 3.91. The number of para-hydroxylation sites is 1. The molecule has 0 atom stereocenters. The van der Waals surface area contributed by atoms with Crippen molar-refractivity contribution in [3.63, 3.8) is 0 Å². The Kier molecular flexibility index (Phi) is 6.12. The second-order valence-electron chi connectivity index (χ2n) is 4.91. The minimum absolute atomic E-state index is 0.0515. The van der Waals surface area contributed by atoms with E-state index in [1.807, 2.05) is 44.2 Å². The fourth-order valence-electron chi connectivity index (χ4n) is 1.55. The van der Waals surface area contributed by atoms with Gasteiger partial charge in [-0.25, -0.2) is 0 Å². The van der Waals surface area contributed by atoms with E-state index in [1.165, 1.54) is 14.2 Å². The molecule has 9 nitrogen and oxygen atoms in total. The molecular weight excluding hydrogens is 310 g/mol. The van der Waals surface area contributed by atoms with Gasteiger partial charge in [0.15, 0.2) is 5.84 Å². The Bertz CT molecular complexity index is 695. The Balaban J connectivity index is 2.19. The summed E-state index contributed by atoms with van der Waals surface area (Å²) in [5, 5.41) is 12.4. The van der Waals surface area contributed by atoms with Gasteiger partial charge in [0.1, 0.15) is 0 Å². The van der Waals surface area contributed by atoms with Gasteiger partial charge in [0, 0.05) is 5.92 Å². The highest BCUT2D eigenvalue weighted by atomic mass is 16.5. The maximum absolute atomic E-state index is 4.97. The monoisotopic (exact) mass is 329 g/mol. The summed E-state index contributed by atoms with van der Waals surface area (Å²) < 4.78 is 9.94. The van der Waals surface area contributed by atoms with Crippen molar-refractivity contribution in [1.82, 2.24) is 15.0 Å². The third kappa shape index (κ3) is 4.97. The Morgan fingerprint density at radius 2 is 1.62 bits per heavy atom. The van der Waals surface area contributed by atoms with Crippen LogP contribution >= 0.6 is 0 Å². The minimum atomic E-state index is 0.0515. The lowest BCUT2D eigenvalue weighted by Gasteiger charge is -2.05. The maximum atomic E-state index is 4.97. The minimum Gasteiger partial charge on any atom is -0.467 e. The van der Waals surface area contributed by atoms with Gasteiger partial charge in [-0.1, -0.05) is 32.0 Å². The number of nitrogens with zero attached hydrogens (tertiary/aromatic N) is 6. The van der Waals surface area contributed by atoms with Gasteiger partial charge < -0.3 is 9.47 Å². The fourth-order valence-corrected chi connectivity index (χ4v) is 1.55. The van der Waals surface area contributed by atoms with Crippen molar-refractivity contribution < 1.29 is 9.47 Å². The Morgan fingerprint density at radius 3 is 2.17 bits per heavy atom. The summed E-state index contributed by atoms with van der Waals surface area (Å²) in [5.41, 5.74) is 3.80. The molecule has 0 fully saturated rings. The molecule has 0 bridgehead atoms. The van der Waals surface area contributed by atoms with E-state index in [2.05, 4.69) is 35.7 Å². The van der Waals surface area contributed by atoms with Gasteiger partial charge in [-0.2, -0.15) is 15.1 Å². The summed E-state index contributed by atoms with van der Waals surface area (Å²) in [6.07, 6.45) is 0. The lowest BCUT2D eigenvalue weighted by atomic mass is 10.2. The Labute approximate surface area is 139 Å². The molecule has 1 aromatic carbocycles. The highest BCUT2D eigenvalue weighted by Gasteiger charge is 2.08. The van der Waals surface area contributed by atoms with E-state index in [0.717, 1.165) is 5.69 Å². The molecular formula is C15H19N7O2. The lowest BCUT2D eigenvalue weighted by molar-refractivity contribution is 0.340. The first-order valence-electron chi connectivity index (χ1n) is 7.26. The summed E-state index contributed by atoms with van der Waals surface area (Å²) in [5.74, 6) is 0.625. The van der Waals surface area contributed by atoms with E-state index in [9.17, 15) is 0 Å². The van der Waals surface area contributed by atoms with Crippen LogP contribution < -0.4 is 14.9 Å². The second-order valence-corrected chi connectivity index (χ2v) is 4.91. The number of amidine groups is 1. The number of hydrogen-bond donors (Lipinski definition) is 1. The van der Waals surface area contributed by atoms with Crippen molar-refractivity contribution in [1.29, 1.82) is 0 Å². The van der Waals surface area contributed by atoms with Crippen molar-refractivity contribution >= 4 is 17.5 Å². The number of hydrogen-bond acceptors (Lipinski definition) is 8. The number of anilines is 1. The third-order valence-corrected chi connectivity index (χ3v) is 2.78. The van der Waals surface area contributed by atoms with Crippen LogP contribution in [0.5, 0.6) is 12.0 Å². The topological polar surface area (TPSA) is 106 Å². The zero-order chi connectivity index (χ0) is 17.4. The number of aromatic nitrogens is 3. The molecule has 0 spiro atoms. The molecule has 9 heteroatoms. The third-order valence-electron chi connectivity index (χ3n) is 2.78. The van der Waals surface area contributed by atoms with E-state index in [0.29, 0.717) is 5.84 Å². The van der Waals surface area contributed by atoms with Crippen LogP contribution in [0.4, 0.5) is 11.6 Å². The van der Waals surface area contributed by atoms with Crippen LogP contribution in [0.3, 0.4) is 0 Å². The number of methoxy groups -OCH3 is 2. The normalized spacial score (nSPS) is 11.8. The number of hydrazone groups is 1. The van der Waals surface area contributed by atoms with Crippen LogP contribution in [0.2, 0.25) is 0 Å². The summed E-state index contributed by atoms with van der Waals surface area (Å²) in [6, 6.07) is 9.76. The molecule has 1 heterocycles. The van der Waals surface area contributed by atoms with Gasteiger partial charge in [0.2, 0.25) is 0 Å². The molecule has 0 aliphatic heterocycles. The molecule has 0 unspecified atom stereocenters. The van der Waals surface area contributed by atoms with E-state index in [1.54, 1.807) is 0 Å². The van der Waals surface area contributed by atoms with Crippen molar-refractivity contribution in [2.45, 2.75) is 13.8 Å². The average molecular weight is 329 g/mol. The summed E-state index contributed by atoms with van der Waals surface area (Å²) >= 11 is 0. The first-order chi connectivity index (χ1) is 11.6. The van der Waals surface area contributed by atoms with Gasteiger partial charge in [-0.3, -0.25) is 5.43 Å². The molecule has 0 saturated carbocycles. The average Bonchev–Trinajstić information content (AvgIpc) is 2.61. The molecule has 0 aliphatic rings. The number of nitrogens with one attached hydrogen (secondary N) is 1. The number of benzene rings is 1. The van der Waals surface area contributed by atoms with Crippen LogP contribution in [-0.2, 0) is 0 Å². The Hall–Kier alpha value is -3.10. The van der Waals surface area contributed by atoms with E-state index >= 15 is 0 Å². The van der Waals surface area contributed by atoms with Crippen molar-refractivity contribution in [2.24, 2.45) is 21.2 Å². The number of rotatable bonds is 6. The van der Waals surface area contributed by atoms with Gasteiger partial charge in [0.25, 0.3) is 5.95 Å². The number of ether oxygens (including phenoxy) is 2. The first-order valence-corrected chi connectivity index (χ1v) is 7.26. The Morgan fingerprint density at radius 1 is 1.00 bits per heavy atom. The zero-order valence-electron chi connectivity index (χ0n) is 14.0. The molecule has 24 heavy (non-hydrogen) atoms. The van der Waals surface area contributed by atoms with Crippen molar-refractivity contribution in [3.8, 4) is 12.0 Å². The van der Waals surface area contributed by atoms with Gasteiger partial charge in [-0.15, -0.1) is 15.2 Å².